The fourth-order valence-corrected chi connectivity index (χ4v) is 4.67. The van der Waals surface area contributed by atoms with Gasteiger partial charge in [-0.3, -0.25) is 19.2 Å². The Hall–Kier alpha value is -2.88. The van der Waals surface area contributed by atoms with Crippen molar-refractivity contribution in [1.29, 1.82) is 0 Å². The zero-order chi connectivity index (χ0) is 23.5. The van der Waals surface area contributed by atoms with E-state index in [9.17, 15) is 22.8 Å². The molecule has 178 valence electrons. The van der Waals surface area contributed by atoms with Gasteiger partial charge in [-0.15, -0.1) is 0 Å². The molecule has 2 fully saturated rings. The maximum absolute atomic E-state index is 14.1. The van der Waals surface area contributed by atoms with E-state index in [2.05, 4.69) is 15.7 Å². The molecule has 1 saturated carbocycles. The molecular weight excluding hydrogens is 435 g/mol. The molecular formula is C23H28F3N5O2. The van der Waals surface area contributed by atoms with Gasteiger partial charge >= 0.3 is 6.18 Å². The predicted octanol–water partition coefficient (Wildman–Crippen LogP) is 3.34. The summed E-state index contributed by atoms with van der Waals surface area (Å²) < 4.78 is 43.6. The topological polar surface area (TPSA) is 79.3 Å². The molecule has 1 saturated heterocycles. The van der Waals surface area contributed by atoms with Crippen molar-refractivity contribution in [1.82, 2.24) is 20.0 Å². The van der Waals surface area contributed by atoms with Crippen LogP contribution in [0.1, 0.15) is 37.7 Å². The van der Waals surface area contributed by atoms with Crippen LogP contribution in [-0.4, -0.2) is 51.8 Å². The van der Waals surface area contributed by atoms with Crippen LogP contribution >= 0.6 is 0 Å². The summed E-state index contributed by atoms with van der Waals surface area (Å²) >= 11 is 0. The molecule has 2 aliphatic rings. The smallest absolute Gasteiger partial charge is 0.352 e. The summed E-state index contributed by atoms with van der Waals surface area (Å²) in [6, 6.07) is 9.39. The first kappa shape index (κ1) is 23.3. The maximum atomic E-state index is 14.1. The molecule has 2 aromatic rings. The number of likely N-dealkylation sites (tertiary alicyclic amines) is 1. The molecule has 0 spiro atoms. The van der Waals surface area contributed by atoms with Gasteiger partial charge in [0.05, 0.1) is 11.9 Å². The van der Waals surface area contributed by atoms with Gasteiger partial charge in [0.25, 0.3) is 0 Å². The number of nitrogens with one attached hydrogen (secondary N) is 2. The maximum Gasteiger partial charge on any atom is 0.404 e. The van der Waals surface area contributed by atoms with Gasteiger partial charge in [0.15, 0.2) is 5.41 Å². The van der Waals surface area contributed by atoms with E-state index in [4.69, 9.17) is 0 Å². The average molecular weight is 464 g/mol. The summed E-state index contributed by atoms with van der Waals surface area (Å²) in [5, 5.41) is 9.33. The standard InChI is InChI=1S/C23H28F3N5O2/c24-23(25,26)22(10-11-30(16-22)13-17-6-2-1-3-7-17)21(33)29-19-12-27-31(14-19)15-20(32)28-18-8-4-5-9-18/h1-3,6-7,12,14,18H,4-5,8-11,13,15-16H2,(H,28,32)(H,29,33). The number of amides is 2. The molecule has 1 aliphatic heterocycles. The number of halogens is 3. The second-order valence-electron chi connectivity index (χ2n) is 8.96. The Morgan fingerprint density at radius 3 is 2.58 bits per heavy atom. The highest BCUT2D eigenvalue weighted by atomic mass is 19.4. The second kappa shape index (κ2) is 9.54. The van der Waals surface area contributed by atoms with Crippen LogP contribution in [0, 0.1) is 5.41 Å². The third kappa shape index (κ3) is 5.38. The Kier molecular flexibility index (Phi) is 6.73. The summed E-state index contributed by atoms with van der Waals surface area (Å²) in [5.41, 5.74) is -1.46. The zero-order valence-corrected chi connectivity index (χ0v) is 18.3. The lowest BCUT2D eigenvalue weighted by Crippen LogP contribution is -2.49. The summed E-state index contributed by atoms with van der Waals surface area (Å²) in [6.45, 7) is 0.0548. The van der Waals surface area contributed by atoms with Crippen molar-refractivity contribution in [3.63, 3.8) is 0 Å². The number of benzene rings is 1. The minimum absolute atomic E-state index is 0.0539. The van der Waals surface area contributed by atoms with Crippen molar-refractivity contribution in [3.8, 4) is 0 Å². The molecule has 7 nitrogen and oxygen atoms in total. The highest BCUT2D eigenvalue weighted by Gasteiger charge is 2.63. The Labute approximate surface area is 190 Å². The van der Waals surface area contributed by atoms with Crippen LogP contribution in [0.3, 0.4) is 0 Å². The van der Waals surface area contributed by atoms with Gasteiger partial charge < -0.3 is 10.6 Å². The molecule has 2 N–H and O–H groups in total. The van der Waals surface area contributed by atoms with E-state index in [0.717, 1.165) is 31.2 Å². The number of rotatable bonds is 7. The number of hydrogen-bond acceptors (Lipinski definition) is 4. The molecule has 10 heteroatoms. The van der Waals surface area contributed by atoms with E-state index >= 15 is 0 Å². The number of carbonyl (C=O) groups is 2. The van der Waals surface area contributed by atoms with Crippen LogP contribution in [-0.2, 0) is 22.7 Å². The third-order valence-corrected chi connectivity index (χ3v) is 6.49. The van der Waals surface area contributed by atoms with Crippen LogP contribution in [0.5, 0.6) is 0 Å². The van der Waals surface area contributed by atoms with E-state index in [0.29, 0.717) is 6.54 Å². The molecule has 1 unspecified atom stereocenters. The number of alkyl halides is 3. The Balaban J connectivity index is 1.38. The van der Waals surface area contributed by atoms with E-state index in [1.165, 1.54) is 17.1 Å². The highest BCUT2D eigenvalue weighted by molar-refractivity contribution is 5.96. The largest absolute Gasteiger partial charge is 0.404 e. The first-order valence-corrected chi connectivity index (χ1v) is 11.2. The predicted molar refractivity (Wildman–Crippen MR) is 116 cm³/mol. The van der Waals surface area contributed by atoms with Gasteiger partial charge in [0, 0.05) is 25.3 Å². The lowest BCUT2D eigenvalue weighted by Gasteiger charge is -2.30. The molecule has 2 amide bonds. The Morgan fingerprint density at radius 2 is 1.88 bits per heavy atom. The summed E-state index contributed by atoms with van der Waals surface area (Å²) in [4.78, 5) is 26.7. The van der Waals surface area contributed by atoms with Crippen molar-refractivity contribution >= 4 is 17.5 Å². The third-order valence-electron chi connectivity index (χ3n) is 6.49. The zero-order valence-electron chi connectivity index (χ0n) is 18.3. The molecule has 1 aliphatic carbocycles. The van der Waals surface area contributed by atoms with Crippen molar-refractivity contribution in [2.75, 3.05) is 18.4 Å². The fraction of sp³-hybridized carbons (Fsp3) is 0.522. The quantitative estimate of drug-likeness (QED) is 0.660. The van der Waals surface area contributed by atoms with Crippen molar-refractivity contribution < 1.29 is 22.8 Å². The van der Waals surface area contributed by atoms with Crippen molar-refractivity contribution in [3.05, 3.63) is 48.3 Å². The minimum Gasteiger partial charge on any atom is -0.352 e. The number of aromatic nitrogens is 2. The first-order chi connectivity index (χ1) is 15.7. The highest BCUT2D eigenvalue weighted by Crippen LogP contribution is 2.46. The van der Waals surface area contributed by atoms with Crippen LogP contribution in [0.15, 0.2) is 42.7 Å². The fourth-order valence-electron chi connectivity index (χ4n) is 4.67. The van der Waals surface area contributed by atoms with Gasteiger partial charge in [-0.2, -0.15) is 18.3 Å². The first-order valence-electron chi connectivity index (χ1n) is 11.2. The molecule has 1 atom stereocenters. The molecule has 4 rings (SSSR count). The van der Waals surface area contributed by atoms with Crippen LogP contribution in [0.2, 0.25) is 0 Å². The van der Waals surface area contributed by atoms with Gasteiger partial charge in [0.2, 0.25) is 11.8 Å². The number of anilines is 1. The average Bonchev–Trinajstić information content (AvgIpc) is 3.50. The van der Waals surface area contributed by atoms with Gasteiger partial charge in [-0.25, -0.2) is 0 Å². The normalized spacial score (nSPS) is 21.9. The monoisotopic (exact) mass is 463 g/mol. The molecule has 2 heterocycles. The molecule has 0 bridgehead atoms. The van der Waals surface area contributed by atoms with Gasteiger partial charge in [-0.05, 0) is 31.4 Å². The van der Waals surface area contributed by atoms with Crippen LogP contribution in [0.25, 0.3) is 0 Å². The van der Waals surface area contributed by atoms with Crippen LogP contribution < -0.4 is 10.6 Å². The van der Waals surface area contributed by atoms with E-state index < -0.39 is 24.0 Å². The van der Waals surface area contributed by atoms with Crippen LogP contribution in [0.4, 0.5) is 18.9 Å². The Morgan fingerprint density at radius 1 is 1.15 bits per heavy atom. The van der Waals surface area contributed by atoms with Crippen molar-refractivity contribution in [2.45, 2.75) is 57.4 Å². The number of nitrogens with zero attached hydrogens (tertiary/aromatic N) is 3. The summed E-state index contributed by atoms with van der Waals surface area (Å²) in [6.07, 6.45) is 1.72. The van der Waals surface area contributed by atoms with Gasteiger partial charge in [-0.1, -0.05) is 43.2 Å². The van der Waals surface area contributed by atoms with Gasteiger partial charge in [0.1, 0.15) is 6.54 Å². The Bertz CT molecular complexity index is 972. The molecule has 1 aromatic heterocycles. The van der Waals surface area contributed by atoms with Crippen molar-refractivity contribution in [2.24, 2.45) is 5.41 Å². The summed E-state index contributed by atoms with van der Waals surface area (Å²) in [7, 11) is 0. The number of carbonyl (C=O) groups excluding carboxylic acids is 2. The van der Waals surface area contributed by atoms with E-state index in [1.54, 1.807) is 4.90 Å². The number of hydrogen-bond donors (Lipinski definition) is 2. The van der Waals surface area contributed by atoms with E-state index in [1.807, 2.05) is 30.3 Å². The summed E-state index contributed by atoms with van der Waals surface area (Å²) in [5.74, 6) is -1.30. The van der Waals surface area contributed by atoms with E-state index in [-0.39, 0.29) is 37.1 Å². The molecule has 33 heavy (non-hydrogen) atoms. The lowest BCUT2D eigenvalue weighted by atomic mass is 9.85. The molecule has 0 radical (unpaired) electrons. The lowest BCUT2D eigenvalue weighted by molar-refractivity contribution is -0.215. The minimum atomic E-state index is -4.69. The molecule has 1 aromatic carbocycles. The SMILES string of the molecule is O=C(Cn1cc(NC(=O)C2(C(F)(F)F)CCN(Cc3ccccc3)C2)cn1)NC1CCCC1. The second-order valence-corrected chi connectivity index (χ2v) is 8.96.